The van der Waals surface area contributed by atoms with Gasteiger partial charge in [-0.25, -0.2) is 0 Å². The molecule has 184 valence electrons. The number of hydrogen-bond donors (Lipinski definition) is 0. The second kappa shape index (κ2) is 9.30. The van der Waals surface area contributed by atoms with E-state index in [-0.39, 0.29) is 0 Å². The van der Waals surface area contributed by atoms with E-state index in [2.05, 4.69) is 117 Å². The van der Waals surface area contributed by atoms with Crippen molar-refractivity contribution in [3.63, 3.8) is 0 Å². The van der Waals surface area contributed by atoms with Crippen LogP contribution in [0.25, 0.3) is 49.7 Å². The Balaban J connectivity index is 1.51. The van der Waals surface area contributed by atoms with Gasteiger partial charge in [0, 0.05) is 0 Å². The van der Waals surface area contributed by atoms with Crippen molar-refractivity contribution in [2.24, 2.45) is 0 Å². The minimum atomic E-state index is 0.876. The first kappa shape index (κ1) is 23.0. The predicted octanol–water partition coefficient (Wildman–Crippen LogP) is 10.3. The maximum Gasteiger partial charge on any atom is -0.00130 e. The first-order valence-electron chi connectivity index (χ1n) is 13.9. The summed E-state index contributed by atoms with van der Waals surface area (Å²) < 4.78 is 0. The average molecular weight is 489 g/mol. The predicted molar refractivity (Wildman–Crippen MR) is 164 cm³/mol. The highest BCUT2D eigenvalue weighted by Crippen LogP contribution is 2.50. The summed E-state index contributed by atoms with van der Waals surface area (Å²) in [5.41, 5.74) is 16.2. The van der Waals surface area contributed by atoms with Crippen molar-refractivity contribution in [1.82, 2.24) is 0 Å². The Morgan fingerprint density at radius 1 is 0.605 bits per heavy atom. The second-order valence-electron chi connectivity index (χ2n) is 10.8. The summed E-state index contributed by atoms with van der Waals surface area (Å²) >= 11 is 0. The van der Waals surface area contributed by atoms with Crippen LogP contribution in [-0.4, -0.2) is 0 Å². The van der Waals surface area contributed by atoms with E-state index in [1.807, 2.05) is 0 Å². The van der Waals surface area contributed by atoms with Crippen LogP contribution in [0.3, 0.4) is 0 Å². The van der Waals surface area contributed by atoms with Crippen molar-refractivity contribution in [3.8, 4) is 33.4 Å². The molecule has 0 bridgehead atoms. The first-order valence-corrected chi connectivity index (χ1v) is 13.9. The third-order valence-corrected chi connectivity index (χ3v) is 8.48. The lowest BCUT2D eigenvalue weighted by atomic mass is 9.84. The third-order valence-electron chi connectivity index (χ3n) is 8.48. The maximum absolute atomic E-state index is 4.62. The largest absolute Gasteiger partial charge is 0.0911 e. The van der Waals surface area contributed by atoms with Crippen LogP contribution >= 0.6 is 0 Å². The van der Waals surface area contributed by atoms with E-state index < -0.39 is 0 Å². The van der Waals surface area contributed by atoms with Gasteiger partial charge in [-0.1, -0.05) is 104 Å². The summed E-state index contributed by atoms with van der Waals surface area (Å²) in [5.74, 6) is 0. The van der Waals surface area contributed by atoms with Gasteiger partial charge in [0.1, 0.15) is 0 Å². The quantitative estimate of drug-likeness (QED) is 0.199. The zero-order valence-corrected chi connectivity index (χ0v) is 22.1. The Morgan fingerprint density at radius 3 is 2.18 bits per heavy atom. The molecular weight excluding hydrogens is 456 g/mol. The van der Waals surface area contributed by atoms with Gasteiger partial charge in [0.05, 0.1) is 0 Å². The number of rotatable bonds is 0. The summed E-state index contributed by atoms with van der Waals surface area (Å²) in [6.45, 7) is 6.89. The van der Waals surface area contributed by atoms with E-state index in [9.17, 15) is 0 Å². The lowest BCUT2D eigenvalue weighted by Gasteiger charge is -2.20. The van der Waals surface area contributed by atoms with Crippen LogP contribution in [0.1, 0.15) is 47.1 Å². The maximum atomic E-state index is 4.62. The van der Waals surface area contributed by atoms with Gasteiger partial charge in [-0.3, -0.25) is 0 Å². The number of aryl methyl sites for hydroxylation is 2. The monoisotopic (exact) mass is 488 g/mol. The summed E-state index contributed by atoms with van der Waals surface area (Å²) in [6.07, 6.45) is 10.1. The molecule has 0 spiro atoms. The topological polar surface area (TPSA) is 0 Å². The molecule has 0 radical (unpaired) electrons. The number of benzene rings is 5. The molecule has 0 fully saturated rings. The molecule has 0 heteroatoms. The molecule has 0 aromatic heterocycles. The molecule has 2 aliphatic carbocycles. The molecule has 0 aliphatic heterocycles. The van der Waals surface area contributed by atoms with Gasteiger partial charge in [-0.2, -0.15) is 0 Å². The van der Waals surface area contributed by atoms with E-state index in [1.54, 1.807) is 0 Å². The molecule has 0 amide bonds. The van der Waals surface area contributed by atoms with E-state index in [0.717, 1.165) is 24.8 Å². The number of fused-ring (bicyclic) bond motifs is 8. The zero-order valence-electron chi connectivity index (χ0n) is 22.1. The van der Waals surface area contributed by atoms with Crippen LogP contribution in [0, 0.1) is 6.92 Å². The van der Waals surface area contributed by atoms with E-state index in [0.29, 0.717) is 0 Å². The first-order chi connectivity index (χ1) is 18.7. The molecule has 7 rings (SSSR count). The zero-order chi connectivity index (χ0) is 25.6. The van der Waals surface area contributed by atoms with E-state index >= 15 is 0 Å². The fraction of sp³-hybridized carbons (Fsp3) is 0.158. The highest BCUT2D eigenvalue weighted by Gasteiger charge is 2.25. The summed E-state index contributed by atoms with van der Waals surface area (Å²) in [5, 5.41) is 2.69. The standard InChI is InChI=1S/C38H32/c1-25-13-5-3-4-6-15-27-17-11-14-26(2)36(27)30-18-8-7-16-28(30)23-29-24-35-32-20-10-9-19-31(32)33-21-12-22-34(37(25)29)38(33)35/h5,7-14,16-22,24H,1,3-4,6,15,23H2,2H3/b13-5-. The van der Waals surface area contributed by atoms with Crippen molar-refractivity contribution in [2.75, 3.05) is 0 Å². The molecule has 5 aromatic rings. The second-order valence-corrected chi connectivity index (χ2v) is 10.8. The molecule has 0 heterocycles. The molecule has 0 unspecified atom stereocenters. The average Bonchev–Trinajstić information content (AvgIpc) is 3.26. The SMILES string of the molecule is C=C1/C=C\CCCCc2cccc(C)c2-c2ccccc2Cc2cc3c4c(cccc4c21)-c1ccccc1-3. The van der Waals surface area contributed by atoms with Crippen molar-refractivity contribution < 1.29 is 0 Å². The van der Waals surface area contributed by atoms with E-state index in [4.69, 9.17) is 0 Å². The smallest absolute Gasteiger partial charge is 0.00130 e. The Hall–Kier alpha value is -4.16. The van der Waals surface area contributed by atoms with Gasteiger partial charge in [-0.05, 0) is 123 Å². The fourth-order valence-corrected chi connectivity index (χ4v) is 6.78. The molecule has 5 aromatic carbocycles. The molecule has 0 atom stereocenters. The lowest BCUT2D eigenvalue weighted by molar-refractivity contribution is 0.748. The van der Waals surface area contributed by atoms with Crippen molar-refractivity contribution in [2.45, 2.75) is 39.0 Å². The van der Waals surface area contributed by atoms with Gasteiger partial charge in [0.25, 0.3) is 0 Å². The van der Waals surface area contributed by atoms with Gasteiger partial charge in [0.2, 0.25) is 0 Å². The molecule has 2 aliphatic rings. The van der Waals surface area contributed by atoms with Crippen molar-refractivity contribution in [3.05, 3.63) is 138 Å². The van der Waals surface area contributed by atoms with Crippen LogP contribution in [-0.2, 0) is 12.8 Å². The van der Waals surface area contributed by atoms with Crippen LogP contribution in [0.5, 0.6) is 0 Å². The normalized spacial score (nSPS) is 15.2. The summed E-state index contributed by atoms with van der Waals surface area (Å²) in [7, 11) is 0. The minimum absolute atomic E-state index is 0.876. The lowest BCUT2D eigenvalue weighted by Crippen LogP contribution is -2.01. The van der Waals surface area contributed by atoms with Gasteiger partial charge >= 0.3 is 0 Å². The summed E-state index contributed by atoms with van der Waals surface area (Å²) in [6, 6.07) is 34.0. The number of hydrogen-bond acceptors (Lipinski definition) is 0. The molecule has 0 N–H and O–H groups in total. The third kappa shape index (κ3) is 3.67. The summed E-state index contributed by atoms with van der Waals surface area (Å²) in [4.78, 5) is 0. The highest BCUT2D eigenvalue weighted by atomic mass is 14.3. The molecular formula is C38H32. The van der Waals surface area contributed by atoms with Crippen LogP contribution in [0.2, 0.25) is 0 Å². The van der Waals surface area contributed by atoms with Gasteiger partial charge in [0.15, 0.2) is 0 Å². The Labute approximate surface area is 226 Å². The van der Waals surface area contributed by atoms with Crippen molar-refractivity contribution in [1.29, 1.82) is 0 Å². The van der Waals surface area contributed by atoms with E-state index in [1.165, 1.54) is 84.8 Å². The Morgan fingerprint density at radius 2 is 1.32 bits per heavy atom. The fourth-order valence-electron chi connectivity index (χ4n) is 6.78. The van der Waals surface area contributed by atoms with Gasteiger partial charge in [-0.15, -0.1) is 0 Å². The Bertz CT molecular complexity index is 1760. The van der Waals surface area contributed by atoms with Crippen LogP contribution in [0.4, 0.5) is 0 Å². The molecule has 0 nitrogen and oxygen atoms in total. The minimum Gasteiger partial charge on any atom is -0.0911 e. The highest BCUT2D eigenvalue weighted by molar-refractivity contribution is 6.18. The number of allylic oxidation sites excluding steroid dienone is 3. The molecule has 38 heavy (non-hydrogen) atoms. The Kier molecular flexibility index (Phi) is 5.63. The molecule has 0 saturated carbocycles. The van der Waals surface area contributed by atoms with Gasteiger partial charge < -0.3 is 0 Å². The molecule has 0 saturated heterocycles. The van der Waals surface area contributed by atoms with Crippen LogP contribution < -0.4 is 0 Å². The van der Waals surface area contributed by atoms with Crippen LogP contribution in [0.15, 0.2) is 110 Å². The van der Waals surface area contributed by atoms with Crippen molar-refractivity contribution >= 4 is 16.3 Å².